The largest absolute Gasteiger partial charge is 0.300 e. The van der Waals surface area contributed by atoms with Gasteiger partial charge in [0.1, 0.15) is 0 Å². The number of para-hydroxylation sites is 1. The lowest BCUT2D eigenvalue weighted by Crippen LogP contribution is -2.19. The first kappa shape index (κ1) is 15.3. The molecule has 0 aliphatic heterocycles. The molecule has 0 fully saturated rings. The average molecular weight is 294 g/mol. The van der Waals surface area contributed by atoms with Crippen LogP contribution in [0, 0.1) is 0 Å². The zero-order chi connectivity index (χ0) is 14.4. The van der Waals surface area contributed by atoms with E-state index in [-0.39, 0.29) is 0 Å². The SMILES string of the molecule is CCn1nc(CN(C)CCCCCCl)c2ccccc21. The van der Waals surface area contributed by atoms with Gasteiger partial charge in [0.15, 0.2) is 0 Å². The van der Waals surface area contributed by atoms with E-state index in [9.17, 15) is 0 Å². The Kier molecular flexibility index (Phi) is 5.86. The zero-order valence-electron chi connectivity index (χ0n) is 12.5. The van der Waals surface area contributed by atoms with E-state index in [0.717, 1.165) is 31.9 Å². The van der Waals surface area contributed by atoms with Crippen LogP contribution in [-0.2, 0) is 13.1 Å². The number of hydrogen-bond acceptors (Lipinski definition) is 2. The maximum absolute atomic E-state index is 5.70. The summed E-state index contributed by atoms with van der Waals surface area (Å²) in [6, 6.07) is 8.49. The van der Waals surface area contributed by atoms with Gasteiger partial charge in [-0.15, -0.1) is 11.6 Å². The van der Waals surface area contributed by atoms with Gasteiger partial charge in [-0.2, -0.15) is 5.10 Å². The molecule has 110 valence electrons. The molecule has 0 spiro atoms. The lowest BCUT2D eigenvalue weighted by Gasteiger charge is -2.15. The third-order valence-corrected chi connectivity index (χ3v) is 3.89. The summed E-state index contributed by atoms with van der Waals surface area (Å²) in [7, 11) is 2.17. The van der Waals surface area contributed by atoms with Crippen LogP contribution >= 0.6 is 11.6 Å². The molecule has 4 heteroatoms. The summed E-state index contributed by atoms with van der Waals surface area (Å²) < 4.78 is 2.09. The van der Waals surface area contributed by atoms with Gasteiger partial charge in [0.05, 0.1) is 11.2 Å². The molecule has 2 rings (SSSR count). The van der Waals surface area contributed by atoms with Gasteiger partial charge in [-0.1, -0.05) is 24.6 Å². The van der Waals surface area contributed by atoms with Crippen LogP contribution in [0.2, 0.25) is 0 Å². The number of unbranched alkanes of at least 4 members (excludes halogenated alkanes) is 2. The van der Waals surface area contributed by atoms with Gasteiger partial charge in [0, 0.05) is 24.4 Å². The standard InChI is InChI=1S/C16H24ClN3/c1-3-20-16-10-6-5-9-14(16)15(18-20)13-19(2)12-8-4-7-11-17/h5-6,9-10H,3-4,7-8,11-13H2,1-2H3. The van der Waals surface area contributed by atoms with E-state index in [1.807, 2.05) is 0 Å². The van der Waals surface area contributed by atoms with Gasteiger partial charge in [-0.05, 0) is 39.4 Å². The Morgan fingerprint density at radius 3 is 2.75 bits per heavy atom. The Morgan fingerprint density at radius 1 is 1.20 bits per heavy atom. The van der Waals surface area contributed by atoms with Crippen molar-refractivity contribution in [1.82, 2.24) is 14.7 Å². The van der Waals surface area contributed by atoms with Gasteiger partial charge < -0.3 is 4.90 Å². The van der Waals surface area contributed by atoms with E-state index in [4.69, 9.17) is 16.7 Å². The first-order valence-electron chi connectivity index (χ1n) is 7.45. The molecule has 0 saturated carbocycles. The smallest absolute Gasteiger partial charge is 0.0843 e. The molecule has 1 aromatic heterocycles. The fraction of sp³-hybridized carbons (Fsp3) is 0.562. The lowest BCUT2D eigenvalue weighted by molar-refractivity contribution is 0.314. The second-order valence-electron chi connectivity index (χ2n) is 5.27. The Bertz CT molecular complexity index is 536. The molecule has 0 radical (unpaired) electrons. The molecule has 0 bridgehead atoms. The maximum Gasteiger partial charge on any atom is 0.0843 e. The van der Waals surface area contributed by atoms with Crippen molar-refractivity contribution in [1.29, 1.82) is 0 Å². The third-order valence-electron chi connectivity index (χ3n) is 3.63. The molecule has 3 nitrogen and oxygen atoms in total. The summed E-state index contributed by atoms with van der Waals surface area (Å²) >= 11 is 5.70. The van der Waals surface area contributed by atoms with Gasteiger partial charge in [0.25, 0.3) is 0 Å². The number of fused-ring (bicyclic) bond motifs is 1. The van der Waals surface area contributed by atoms with Crippen molar-refractivity contribution in [2.75, 3.05) is 19.5 Å². The van der Waals surface area contributed by atoms with E-state index < -0.39 is 0 Å². The van der Waals surface area contributed by atoms with Crippen LogP contribution in [0.1, 0.15) is 31.9 Å². The molecule has 0 amide bonds. The summed E-state index contributed by atoms with van der Waals surface area (Å²) in [4.78, 5) is 2.35. The summed E-state index contributed by atoms with van der Waals surface area (Å²) in [6.45, 7) is 5.07. The van der Waals surface area contributed by atoms with Crippen molar-refractivity contribution in [3.8, 4) is 0 Å². The van der Waals surface area contributed by atoms with Crippen LogP contribution in [-0.4, -0.2) is 34.2 Å². The highest BCUT2D eigenvalue weighted by Crippen LogP contribution is 2.19. The minimum absolute atomic E-state index is 0.773. The van der Waals surface area contributed by atoms with E-state index in [1.165, 1.54) is 29.4 Å². The number of halogens is 1. The van der Waals surface area contributed by atoms with Crippen LogP contribution in [0.15, 0.2) is 24.3 Å². The van der Waals surface area contributed by atoms with Crippen LogP contribution in [0.25, 0.3) is 10.9 Å². The van der Waals surface area contributed by atoms with Gasteiger partial charge in [-0.3, -0.25) is 4.68 Å². The molecular weight excluding hydrogens is 270 g/mol. The number of hydrogen-bond donors (Lipinski definition) is 0. The molecule has 0 N–H and O–H groups in total. The highest BCUT2D eigenvalue weighted by Gasteiger charge is 2.10. The molecule has 20 heavy (non-hydrogen) atoms. The summed E-state index contributed by atoms with van der Waals surface area (Å²) in [5, 5.41) is 6.03. The summed E-state index contributed by atoms with van der Waals surface area (Å²) in [5.41, 5.74) is 2.42. The van der Waals surface area contributed by atoms with Crippen molar-refractivity contribution in [3.63, 3.8) is 0 Å². The number of aromatic nitrogens is 2. The number of nitrogens with zero attached hydrogens (tertiary/aromatic N) is 3. The fourth-order valence-electron chi connectivity index (χ4n) is 2.54. The average Bonchev–Trinajstić information content (AvgIpc) is 2.82. The Labute approximate surface area is 126 Å². The molecule has 0 aliphatic rings. The Morgan fingerprint density at radius 2 is 2.00 bits per heavy atom. The second kappa shape index (κ2) is 7.65. The Hall–Kier alpha value is -1.06. The van der Waals surface area contributed by atoms with Gasteiger partial charge >= 0.3 is 0 Å². The minimum atomic E-state index is 0.773. The normalized spacial score (nSPS) is 11.6. The number of alkyl halides is 1. The molecule has 2 aromatic rings. The molecule has 0 saturated heterocycles. The van der Waals surface area contributed by atoms with Crippen molar-refractivity contribution in [2.24, 2.45) is 0 Å². The van der Waals surface area contributed by atoms with Crippen molar-refractivity contribution in [3.05, 3.63) is 30.0 Å². The number of rotatable bonds is 8. The first-order chi connectivity index (χ1) is 9.76. The van der Waals surface area contributed by atoms with E-state index in [0.29, 0.717) is 0 Å². The van der Waals surface area contributed by atoms with Crippen LogP contribution in [0.4, 0.5) is 0 Å². The van der Waals surface area contributed by atoms with Crippen LogP contribution in [0.3, 0.4) is 0 Å². The Balaban J connectivity index is 2.02. The van der Waals surface area contributed by atoms with E-state index in [2.05, 4.69) is 47.8 Å². The van der Waals surface area contributed by atoms with E-state index >= 15 is 0 Å². The monoisotopic (exact) mass is 293 g/mol. The zero-order valence-corrected chi connectivity index (χ0v) is 13.2. The predicted molar refractivity (Wildman–Crippen MR) is 86.3 cm³/mol. The van der Waals surface area contributed by atoms with Crippen LogP contribution < -0.4 is 0 Å². The molecule has 0 aliphatic carbocycles. The summed E-state index contributed by atoms with van der Waals surface area (Å²) in [6.07, 6.45) is 3.52. The molecule has 1 heterocycles. The molecule has 0 unspecified atom stereocenters. The molecular formula is C16H24ClN3. The highest BCUT2D eigenvalue weighted by atomic mass is 35.5. The lowest BCUT2D eigenvalue weighted by atomic mass is 10.2. The maximum atomic E-state index is 5.70. The van der Waals surface area contributed by atoms with Crippen molar-refractivity contribution in [2.45, 2.75) is 39.3 Å². The number of benzene rings is 1. The van der Waals surface area contributed by atoms with E-state index in [1.54, 1.807) is 0 Å². The fourth-order valence-corrected chi connectivity index (χ4v) is 2.73. The van der Waals surface area contributed by atoms with Crippen molar-refractivity contribution < 1.29 is 0 Å². The highest BCUT2D eigenvalue weighted by molar-refractivity contribution is 6.17. The predicted octanol–water partition coefficient (Wildman–Crippen LogP) is 3.90. The number of aryl methyl sites for hydroxylation is 1. The van der Waals surface area contributed by atoms with Crippen molar-refractivity contribution >= 4 is 22.5 Å². The first-order valence-corrected chi connectivity index (χ1v) is 7.98. The molecule has 0 atom stereocenters. The van der Waals surface area contributed by atoms with Gasteiger partial charge in [0.2, 0.25) is 0 Å². The summed E-state index contributed by atoms with van der Waals surface area (Å²) in [5.74, 6) is 0.773. The third kappa shape index (κ3) is 3.74. The quantitative estimate of drug-likeness (QED) is 0.544. The van der Waals surface area contributed by atoms with Crippen LogP contribution in [0.5, 0.6) is 0 Å². The topological polar surface area (TPSA) is 21.1 Å². The van der Waals surface area contributed by atoms with Gasteiger partial charge in [-0.25, -0.2) is 0 Å². The second-order valence-corrected chi connectivity index (χ2v) is 5.64. The minimum Gasteiger partial charge on any atom is -0.300 e. The molecule has 1 aromatic carbocycles.